The number of likely N-dealkylation sites (N-methyl/N-ethyl adjacent to an activating group) is 1. The topological polar surface area (TPSA) is 75.5 Å². The summed E-state index contributed by atoms with van der Waals surface area (Å²) in [5.74, 6) is -0.228. The van der Waals surface area contributed by atoms with Gasteiger partial charge in [-0.15, -0.1) is 0 Å². The van der Waals surface area contributed by atoms with Gasteiger partial charge >= 0.3 is 0 Å². The first-order chi connectivity index (χ1) is 10.9. The summed E-state index contributed by atoms with van der Waals surface area (Å²) >= 11 is 9.41. The minimum absolute atomic E-state index is 0.0544. The molecular weight excluding hydrogens is 386 g/mol. The predicted molar refractivity (Wildman–Crippen MR) is 94.1 cm³/mol. The minimum Gasteiger partial charge on any atom is -0.364 e. The Hall–Kier alpha value is -2.12. The molecular formula is C15H13BrClN3O3. The van der Waals surface area contributed by atoms with E-state index >= 15 is 0 Å². The molecule has 0 bridgehead atoms. The van der Waals surface area contributed by atoms with E-state index in [2.05, 4.69) is 21.2 Å². The highest BCUT2D eigenvalue weighted by Gasteiger charge is 2.15. The summed E-state index contributed by atoms with van der Waals surface area (Å²) in [4.78, 5) is 23.9. The first-order valence-corrected chi connectivity index (χ1v) is 7.75. The fourth-order valence-corrected chi connectivity index (χ4v) is 2.67. The van der Waals surface area contributed by atoms with Crippen molar-refractivity contribution in [2.24, 2.45) is 0 Å². The molecule has 2 aromatic carbocycles. The van der Waals surface area contributed by atoms with Crippen LogP contribution in [0.1, 0.15) is 0 Å². The second-order valence-electron chi connectivity index (χ2n) is 4.78. The molecule has 2 rings (SSSR count). The summed E-state index contributed by atoms with van der Waals surface area (Å²) in [6.07, 6.45) is 0. The van der Waals surface area contributed by atoms with Gasteiger partial charge in [0.05, 0.1) is 27.9 Å². The van der Waals surface area contributed by atoms with Gasteiger partial charge in [0.1, 0.15) is 0 Å². The van der Waals surface area contributed by atoms with Crippen molar-refractivity contribution < 1.29 is 9.72 Å². The van der Waals surface area contributed by atoms with E-state index < -0.39 is 4.92 Å². The van der Waals surface area contributed by atoms with Crippen LogP contribution in [0.4, 0.5) is 17.1 Å². The molecule has 23 heavy (non-hydrogen) atoms. The van der Waals surface area contributed by atoms with Crippen LogP contribution in [0.25, 0.3) is 0 Å². The summed E-state index contributed by atoms with van der Waals surface area (Å²) in [5, 5.41) is 13.7. The highest BCUT2D eigenvalue weighted by molar-refractivity contribution is 9.10. The molecule has 0 atom stereocenters. The van der Waals surface area contributed by atoms with Crippen LogP contribution in [-0.2, 0) is 4.79 Å². The van der Waals surface area contributed by atoms with E-state index in [1.54, 1.807) is 18.0 Å². The highest BCUT2D eigenvalue weighted by atomic mass is 79.9. The van der Waals surface area contributed by atoms with Crippen molar-refractivity contribution >= 4 is 50.5 Å². The lowest BCUT2D eigenvalue weighted by Gasteiger charge is -2.20. The van der Waals surface area contributed by atoms with Gasteiger partial charge in [0.25, 0.3) is 5.69 Å². The van der Waals surface area contributed by atoms with Crippen LogP contribution < -0.4 is 10.2 Å². The van der Waals surface area contributed by atoms with Crippen LogP contribution in [0, 0.1) is 10.1 Å². The van der Waals surface area contributed by atoms with Gasteiger partial charge in [-0.3, -0.25) is 14.9 Å². The number of rotatable bonds is 5. The second kappa shape index (κ2) is 7.43. The Morgan fingerprint density at radius 3 is 2.65 bits per heavy atom. The maximum Gasteiger partial charge on any atom is 0.271 e. The Morgan fingerprint density at radius 2 is 2.04 bits per heavy atom. The summed E-state index contributed by atoms with van der Waals surface area (Å²) in [6.45, 7) is 0.0544. The summed E-state index contributed by atoms with van der Waals surface area (Å²) < 4.78 is 0.782. The van der Waals surface area contributed by atoms with Crippen LogP contribution in [-0.4, -0.2) is 24.4 Å². The van der Waals surface area contributed by atoms with Crippen LogP contribution in [0.3, 0.4) is 0 Å². The van der Waals surface area contributed by atoms with Crippen molar-refractivity contribution in [1.29, 1.82) is 0 Å². The Kier molecular flexibility index (Phi) is 5.57. The number of carbonyl (C=O) groups is 1. The third kappa shape index (κ3) is 4.43. The number of hydrogen-bond donors (Lipinski definition) is 1. The lowest BCUT2D eigenvalue weighted by Crippen LogP contribution is -2.30. The van der Waals surface area contributed by atoms with Crippen molar-refractivity contribution in [3.63, 3.8) is 0 Å². The minimum atomic E-state index is -0.519. The van der Waals surface area contributed by atoms with Crippen LogP contribution in [0.15, 0.2) is 46.9 Å². The predicted octanol–water partition coefficient (Wildman–Crippen LogP) is 4.09. The largest absolute Gasteiger partial charge is 0.364 e. The van der Waals surface area contributed by atoms with E-state index in [4.69, 9.17) is 11.6 Å². The maximum atomic E-state index is 12.1. The summed E-state index contributed by atoms with van der Waals surface area (Å²) in [6, 6.07) is 11.4. The molecule has 120 valence electrons. The Balaban J connectivity index is 2.07. The number of amides is 1. The SMILES string of the molecule is CN(CC(=O)Nc1ccccc1Br)c1ccc([N+](=O)[O-])cc1Cl. The van der Waals surface area contributed by atoms with Crippen molar-refractivity contribution in [2.75, 3.05) is 23.8 Å². The van der Waals surface area contributed by atoms with Gasteiger partial charge in [0.2, 0.25) is 5.91 Å². The molecule has 0 radical (unpaired) electrons. The zero-order valence-corrected chi connectivity index (χ0v) is 14.5. The zero-order chi connectivity index (χ0) is 17.0. The van der Waals surface area contributed by atoms with E-state index in [9.17, 15) is 14.9 Å². The molecule has 0 heterocycles. The van der Waals surface area contributed by atoms with Crippen molar-refractivity contribution in [3.05, 3.63) is 62.1 Å². The normalized spacial score (nSPS) is 10.2. The Morgan fingerprint density at radius 1 is 1.35 bits per heavy atom. The van der Waals surface area contributed by atoms with Gasteiger partial charge in [0.15, 0.2) is 0 Å². The zero-order valence-electron chi connectivity index (χ0n) is 12.1. The number of non-ortho nitro benzene ring substituents is 1. The number of anilines is 2. The van der Waals surface area contributed by atoms with Gasteiger partial charge < -0.3 is 10.2 Å². The number of hydrogen-bond acceptors (Lipinski definition) is 4. The molecule has 1 amide bonds. The molecule has 0 unspecified atom stereocenters. The fourth-order valence-electron chi connectivity index (χ4n) is 1.97. The molecule has 0 aliphatic carbocycles. The standard InChI is InChI=1S/C15H13BrClN3O3/c1-19(14-7-6-10(20(22)23)8-12(14)17)9-15(21)18-13-5-3-2-4-11(13)16/h2-8H,9H2,1H3,(H,18,21). The molecule has 1 N–H and O–H groups in total. The molecule has 0 fully saturated rings. The van der Waals surface area contributed by atoms with Gasteiger partial charge in [-0.2, -0.15) is 0 Å². The van der Waals surface area contributed by atoms with E-state index in [1.165, 1.54) is 18.2 Å². The molecule has 0 spiro atoms. The third-order valence-electron chi connectivity index (χ3n) is 3.08. The fraction of sp³-hybridized carbons (Fsp3) is 0.133. The van der Waals surface area contributed by atoms with E-state index in [0.29, 0.717) is 11.4 Å². The third-order valence-corrected chi connectivity index (χ3v) is 4.08. The van der Waals surface area contributed by atoms with Gasteiger partial charge in [0, 0.05) is 23.7 Å². The first-order valence-electron chi connectivity index (χ1n) is 6.58. The van der Waals surface area contributed by atoms with Crippen LogP contribution in [0.2, 0.25) is 5.02 Å². The maximum absolute atomic E-state index is 12.1. The van der Waals surface area contributed by atoms with Gasteiger partial charge in [-0.05, 0) is 34.1 Å². The summed E-state index contributed by atoms with van der Waals surface area (Å²) in [5.41, 5.74) is 1.12. The second-order valence-corrected chi connectivity index (χ2v) is 6.04. The van der Waals surface area contributed by atoms with Crippen molar-refractivity contribution in [1.82, 2.24) is 0 Å². The molecule has 0 aliphatic rings. The lowest BCUT2D eigenvalue weighted by molar-refractivity contribution is -0.384. The van der Waals surface area contributed by atoms with E-state index in [0.717, 1.165) is 4.47 Å². The van der Waals surface area contributed by atoms with Crippen LogP contribution >= 0.6 is 27.5 Å². The first kappa shape index (κ1) is 17.2. The number of para-hydroxylation sites is 1. The number of benzene rings is 2. The molecule has 0 aromatic heterocycles. The number of halogens is 2. The molecule has 2 aromatic rings. The van der Waals surface area contributed by atoms with Crippen molar-refractivity contribution in [2.45, 2.75) is 0 Å². The van der Waals surface area contributed by atoms with Gasteiger partial charge in [-0.1, -0.05) is 23.7 Å². The van der Waals surface area contributed by atoms with E-state index in [1.807, 2.05) is 18.2 Å². The molecule has 6 nitrogen and oxygen atoms in total. The summed E-state index contributed by atoms with van der Waals surface area (Å²) in [7, 11) is 1.69. The number of nitrogens with zero attached hydrogens (tertiary/aromatic N) is 2. The number of nitro groups is 1. The quantitative estimate of drug-likeness (QED) is 0.608. The monoisotopic (exact) mass is 397 g/mol. The smallest absolute Gasteiger partial charge is 0.271 e. The molecule has 0 aliphatic heterocycles. The number of nitrogens with one attached hydrogen (secondary N) is 1. The average Bonchev–Trinajstić information content (AvgIpc) is 2.49. The number of nitro benzene ring substituents is 1. The van der Waals surface area contributed by atoms with Gasteiger partial charge in [-0.25, -0.2) is 0 Å². The van der Waals surface area contributed by atoms with Crippen LogP contribution in [0.5, 0.6) is 0 Å². The highest BCUT2D eigenvalue weighted by Crippen LogP contribution is 2.29. The molecule has 0 saturated carbocycles. The Labute approximate surface area is 146 Å². The number of carbonyl (C=O) groups excluding carboxylic acids is 1. The average molecular weight is 399 g/mol. The molecule has 8 heteroatoms. The van der Waals surface area contributed by atoms with Crippen molar-refractivity contribution in [3.8, 4) is 0 Å². The lowest BCUT2D eigenvalue weighted by atomic mass is 10.2. The molecule has 0 saturated heterocycles. The Bertz CT molecular complexity index is 754. The van der Waals surface area contributed by atoms with E-state index in [-0.39, 0.29) is 23.2 Å².